The van der Waals surface area contributed by atoms with Crippen LogP contribution >= 0.6 is 31.9 Å². The fraction of sp³-hybridized carbons (Fsp3) is 0.643. The van der Waals surface area contributed by atoms with Crippen molar-refractivity contribution in [3.8, 4) is 0 Å². The van der Waals surface area contributed by atoms with Crippen molar-refractivity contribution in [2.24, 2.45) is 5.92 Å². The molecule has 0 bridgehead atoms. The molecule has 1 N–H and O–H groups in total. The highest BCUT2D eigenvalue weighted by Gasteiger charge is 2.13. The minimum atomic E-state index is 0.846. The topological polar surface area (TPSA) is 24.9 Å². The molecule has 0 spiro atoms. The van der Waals surface area contributed by atoms with Crippen LogP contribution in [0.25, 0.3) is 0 Å². The van der Waals surface area contributed by atoms with Crippen LogP contribution in [-0.2, 0) is 6.54 Å². The number of aromatic nitrogens is 1. The number of pyridine rings is 1. The zero-order valence-corrected chi connectivity index (χ0v) is 13.8. The van der Waals surface area contributed by atoms with Crippen molar-refractivity contribution in [3.05, 3.63) is 26.9 Å². The molecule has 1 fully saturated rings. The minimum Gasteiger partial charge on any atom is -0.311 e. The summed E-state index contributed by atoms with van der Waals surface area (Å²) in [4.78, 5) is 4.40. The van der Waals surface area contributed by atoms with Crippen LogP contribution in [0, 0.1) is 5.92 Å². The van der Waals surface area contributed by atoms with E-state index in [0.717, 1.165) is 33.6 Å². The van der Waals surface area contributed by atoms with Gasteiger partial charge in [0.25, 0.3) is 0 Å². The summed E-state index contributed by atoms with van der Waals surface area (Å²) in [5.74, 6) is 1.00. The Kier molecular flexibility index (Phi) is 6.12. The Hall–Kier alpha value is 0.0700. The zero-order valence-electron chi connectivity index (χ0n) is 10.6. The first-order chi connectivity index (χ1) is 8.75. The maximum Gasteiger partial charge on any atom is 0.0684 e. The van der Waals surface area contributed by atoms with Gasteiger partial charge in [-0.25, -0.2) is 0 Å². The third-order valence-corrected chi connectivity index (χ3v) is 4.74. The summed E-state index contributed by atoms with van der Waals surface area (Å²) in [5.41, 5.74) is 1.08. The molecular weight excluding hydrogens is 356 g/mol. The number of nitrogens with one attached hydrogen (secondary N) is 1. The lowest BCUT2D eigenvalue weighted by Crippen LogP contribution is -2.16. The molecule has 1 aliphatic carbocycles. The standard InChI is InChI=1S/C14H20Br2N2/c15-12-8-13(16)14(18-9-12)10-17-7-3-6-11-4-1-2-5-11/h8-9,11,17H,1-7,10H2. The molecule has 0 atom stereocenters. The second-order valence-electron chi connectivity index (χ2n) is 5.05. The fourth-order valence-corrected chi connectivity index (χ4v) is 3.72. The number of rotatable bonds is 6. The summed E-state index contributed by atoms with van der Waals surface area (Å²) in [6, 6.07) is 2.04. The van der Waals surface area contributed by atoms with Crippen LogP contribution in [0.15, 0.2) is 21.2 Å². The van der Waals surface area contributed by atoms with Gasteiger partial charge in [0.1, 0.15) is 0 Å². The lowest BCUT2D eigenvalue weighted by atomic mass is 10.0. The maximum absolute atomic E-state index is 4.40. The average molecular weight is 376 g/mol. The summed E-state index contributed by atoms with van der Waals surface area (Å²) in [5, 5.41) is 3.48. The molecule has 0 amide bonds. The first kappa shape index (κ1) is 14.5. The largest absolute Gasteiger partial charge is 0.311 e. The van der Waals surface area contributed by atoms with E-state index >= 15 is 0 Å². The van der Waals surface area contributed by atoms with E-state index in [-0.39, 0.29) is 0 Å². The van der Waals surface area contributed by atoms with Gasteiger partial charge in [-0.1, -0.05) is 25.7 Å². The molecule has 0 unspecified atom stereocenters. The first-order valence-corrected chi connectivity index (χ1v) is 8.35. The van der Waals surface area contributed by atoms with E-state index in [1.807, 2.05) is 12.3 Å². The highest BCUT2D eigenvalue weighted by Crippen LogP contribution is 2.28. The Morgan fingerprint density at radius 1 is 1.28 bits per heavy atom. The van der Waals surface area contributed by atoms with Crippen LogP contribution in [0.2, 0.25) is 0 Å². The normalized spacial score (nSPS) is 16.3. The van der Waals surface area contributed by atoms with Gasteiger partial charge in [-0.05, 0) is 63.2 Å². The molecule has 18 heavy (non-hydrogen) atoms. The summed E-state index contributed by atoms with van der Waals surface area (Å²) in [6.45, 7) is 1.94. The molecule has 0 saturated heterocycles. The van der Waals surface area contributed by atoms with Gasteiger partial charge in [0, 0.05) is 21.7 Å². The predicted molar refractivity (Wildman–Crippen MR) is 82.5 cm³/mol. The van der Waals surface area contributed by atoms with Crippen LogP contribution < -0.4 is 5.32 Å². The Bertz CT molecular complexity index is 376. The smallest absolute Gasteiger partial charge is 0.0684 e. The van der Waals surface area contributed by atoms with Gasteiger partial charge in [-0.15, -0.1) is 0 Å². The number of hydrogen-bond acceptors (Lipinski definition) is 2. The minimum absolute atomic E-state index is 0.846. The van der Waals surface area contributed by atoms with Gasteiger partial charge in [-0.2, -0.15) is 0 Å². The van der Waals surface area contributed by atoms with E-state index in [1.54, 1.807) is 0 Å². The number of nitrogens with zero attached hydrogens (tertiary/aromatic N) is 1. The van der Waals surface area contributed by atoms with Crippen molar-refractivity contribution in [1.82, 2.24) is 10.3 Å². The molecule has 1 aromatic heterocycles. The lowest BCUT2D eigenvalue weighted by Gasteiger charge is -2.09. The van der Waals surface area contributed by atoms with Crippen molar-refractivity contribution in [3.63, 3.8) is 0 Å². The second kappa shape index (κ2) is 7.61. The van der Waals surface area contributed by atoms with E-state index in [0.29, 0.717) is 0 Å². The highest BCUT2D eigenvalue weighted by molar-refractivity contribution is 9.11. The Morgan fingerprint density at radius 3 is 2.78 bits per heavy atom. The summed E-state index contributed by atoms with van der Waals surface area (Å²) in [7, 11) is 0. The zero-order chi connectivity index (χ0) is 12.8. The number of halogens is 2. The van der Waals surface area contributed by atoms with E-state index < -0.39 is 0 Å². The number of hydrogen-bond donors (Lipinski definition) is 1. The lowest BCUT2D eigenvalue weighted by molar-refractivity contribution is 0.469. The van der Waals surface area contributed by atoms with Gasteiger partial charge in [0.05, 0.1) is 5.69 Å². The van der Waals surface area contributed by atoms with Gasteiger partial charge in [0.15, 0.2) is 0 Å². The van der Waals surface area contributed by atoms with E-state index in [2.05, 4.69) is 42.2 Å². The average Bonchev–Trinajstić information content (AvgIpc) is 2.84. The summed E-state index contributed by atoms with van der Waals surface area (Å²) in [6.07, 6.45) is 10.3. The van der Waals surface area contributed by atoms with Crippen LogP contribution in [0.4, 0.5) is 0 Å². The second-order valence-corrected chi connectivity index (χ2v) is 6.82. The van der Waals surface area contributed by atoms with Gasteiger partial charge >= 0.3 is 0 Å². The third kappa shape index (κ3) is 4.63. The van der Waals surface area contributed by atoms with Gasteiger partial charge < -0.3 is 5.32 Å². The van der Waals surface area contributed by atoms with Crippen molar-refractivity contribution < 1.29 is 0 Å². The predicted octanol–water partition coefficient (Wildman–Crippen LogP) is 4.67. The quantitative estimate of drug-likeness (QED) is 0.731. The van der Waals surface area contributed by atoms with Gasteiger partial charge in [-0.3, -0.25) is 4.98 Å². The fourth-order valence-electron chi connectivity index (χ4n) is 2.59. The summed E-state index contributed by atoms with van der Waals surface area (Å²) < 4.78 is 2.08. The molecule has 0 aliphatic heterocycles. The van der Waals surface area contributed by atoms with E-state index in [9.17, 15) is 0 Å². The maximum atomic E-state index is 4.40. The molecule has 100 valence electrons. The van der Waals surface area contributed by atoms with Crippen molar-refractivity contribution in [2.75, 3.05) is 6.54 Å². The van der Waals surface area contributed by atoms with Gasteiger partial charge in [0.2, 0.25) is 0 Å². The SMILES string of the molecule is Brc1cnc(CNCCCC2CCCC2)c(Br)c1. The molecule has 1 saturated carbocycles. The van der Waals surface area contributed by atoms with E-state index in [1.165, 1.54) is 38.5 Å². The monoisotopic (exact) mass is 374 g/mol. The van der Waals surface area contributed by atoms with Crippen molar-refractivity contribution in [1.29, 1.82) is 0 Å². The van der Waals surface area contributed by atoms with Crippen LogP contribution in [0.1, 0.15) is 44.2 Å². The molecule has 2 rings (SSSR count). The molecule has 0 aromatic carbocycles. The third-order valence-electron chi connectivity index (χ3n) is 3.62. The van der Waals surface area contributed by atoms with Crippen molar-refractivity contribution >= 4 is 31.9 Å². The Morgan fingerprint density at radius 2 is 2.06 bits per heavy atom. The Balaban J connectivity index is 1.62. The molecule has 0 radical (unpaired) electrons. The van der Waals surface area contributed by atoms with E-state index in [4.69, 9.17) is 0 Å². The molecule has 2 nitrogen and oxygen atoms in total. The van der Waals surface area contributed by atoms with Crippen molar-refractivity contribution in [2.45, 2.75) is 45.1 Å². The van der Waals surface area contributed by atoms with Crippen LogP contribution in [0.5, 0.6) is 0 Å². The molecule has 1 aliphatic rings. The molecule has 1 heterocycles. The summed E-state index contributed by atoms with van der Waals surface area (Å²) >= 11 is 6.95. The first-order valence-electron chi connectivity index (χ1n) is 6.76. The highest BCUT2D eigenvalue weighted by atomic mass is 79.9. The molecular formula is C14H20Br2N2. The molecule has 1 aromatic rings. The van der Waals surface area contributed by atoms with Crippen LogP contribution in [-0.4, -0.2) is 11.5 Å². The molecule has 4 heteroatoms. The Labute approximate surface area is 126 Å². The van der Waals surface area contributed by atoms with Crippen LogP contribution in [0.3, 0.4) is 0 Å².